The van der Waals surface area contributed by atoms with E-state index in [2.05, 4.69) is 0 Å². The molecular weight excluding hydrogens is 264 g/mol. The maximum Gasteiger partial charge on any atom is 0.340 e. The van der Waals surface area contributed by atoms with Gasteiger partial charge in [-0.25, -0.2) is 13.6 Å². The van der Waals surface area contributed by atoms with Crippen molar-refractivity contribution in [2.75, 3.05) is 5.73 Å². The molecule has 20 heavy (non-hydrogen) atoms. The van der Waals surface area contributed by atoms with Crippen molar-refractivity contribution < 1.29 is 18.3 Å². The summed E-state index contributed by atoms with van der Waals surface area (Å²) >= 11 is 0. The summed E-state index contributed by atoms with van der Waals surface area (Å²) < 4.78 is 31.1. The van der Waals surface area contributed by atoms with Gasteiger partial charge in [0.05, 0.1) is 5.56 Å². The molecule has 0 aromatic heterocycles. The van der Waals surface area contributed by atoms with Gasteiger partial charge in [0.1, 0.15) is 18.2 Å². The largest absolute Gasteiger partial charge is 0.457 e. The van der Waals surface area contributed by atoms with Crippen molar-refractivity contribution >= 4 is 11.7 Å². The minimum absolute atomic E-state index is 0.103. The van der Waals surface area contributed by atoms with E-state index >= 15 is 0 Å². The number of aryl methyl sites for hydroxylation is 1. The van der Waals surface area contributed by atoms with Gasteiger partial charge in [-0.15, -0.1) is 0 Å². The zero-order valence-corrected chi connectivity index (χ0v) is 10.8. The lowest BCUT2D eigenvalue weighted by atomic mass is 10.1. The molecule has 0 saturated heterocycles. The first-order chi connectivity index (χ1) is 9.47. The van der Waals surface area contributed by atoms with Crippen LogP contribution in [0.2, 0.25) is 0 Å². The molecule has 5 heteroatoms. The number of carbonyl (C=O) groups excluding carboxylic acids is 1. The molecule has 0 radical (unpaired) electrons. The third kappa shape index (κ3) is 3.12. The molecule has 0 aliphatic heterocycles. The third-order valence-corrected chi connectivity index (χ3v) is 2.80. The standard InChI is InChI=1S/C15H13F2NO2/c1-9-2-5-14(18)12(6-9)15(19)20-8-10-3-4-11(16)7-13(10)17/h2-7H,8,18H2,1H3. The van der Waals surface area contributed by atoms with E-state index in [1.54, 1.807) is 18.2 Å². The summed E-state index contributed by atoms with van der Waals surface area (Å²) in [4.78, 5) is 11.9. The van der Waals surface area contributed by atoms with Crippen LogP contribution in [-0.2, 0) is 11.3 Å². The first-order valence-electron chi connectivity index (χ1n) is 5.94. The van der Waals surface area contributed by atoms with E-state index in [-0.39, 0.29) is 17.7 Å². The van der Waals surface area contributed by atoms with Crippen molar-refractivity contribution in [1.29, 1.82) is 0 Å². The predicted octanol–water partition coefficient (Wildman–Crippen LogP) is 3.21. The smallest absolute Gasteiger partial charge is 0.340 e. The van der Waals surface area contributed by atoms with Gasteiger partial charge < -0.3 is 10.5 Å². The highest BCUT2D eigenvalue weighted by molar-refractivity contribution is 5.95. The molecule has 0 aliphatic carbocycles. The predicted molar refractivity (Wildman–Crippen MR) is 71.1 cm³/mol. The molecule has 0 fully saturated rings. The summed E-state index contributed by atoms with van der Waals surface area (Å²) in [5.74, 6) is -2.08. The van der Waals surface area contributed by atoms with Crippen LogP contribution in [0.1, 0.15) is 21.5 Å². The third-order valence-electron chi connectivity index (χ3n) is 2.80. The number of rotatable bonds is 3. The van der Waals surface area contributed by atoms with Gasteiger partial charge in [-0.05, 0) is 31.2 Å². The summed E-state index contributed by atoms with van der Waals surface area (Å²) in [5.41, 5.74) is 7.17. The number of anilines is 1. The number of halogens is 2. The Hall–Kier alpha value is -2.43. The van der Waals surface area contributed by atoms with Gasteiger partial charge in [0.25, 0.3) is 0 Å². The maximum atomic E-state index is 13.4. The van der Waals surface area contributed by atoms with Gasteiger partial charge in [-0.1, -0.05) is 11.6 Å². The summed E-state index contributed by atoms with van der Waals surface area (Å²) in [7, 11) is 0. The van der Waals surface area contributed by atoms with Crippen LogP contribution in [0.5, 0.6) is 0 Å². The molecule has 0 aliphatic rings. The topological polar surface area (TPSA) is 52.3 Å². The van der Waals surface area contributed by atoms with Crippen LogP contribution in [0.4, 0.5) is 14.5 Å². The summed E-state index contributed by atoms with van der Waals surface area (Å²) in [6.07, 6.45) is 0. The van der Waals surface area contributed by atoms with Crippen LogP contribution in [0.25, 0.3) is 0 Å². The Balaban J connectivity index is 2.10. The molecule has 2 N–H and O–H groups in total. The number of hydrogen-bond acceptors (Lipinski definition) is 3. The Morgan fingerprint density at radius 3 is 2.65 bits per heavy atom. The molecule has 0 saturated carbocycles. The van der Waals surface area contributed by atoms with E-state index in [1.807, 2.05) is 6.92 Å². The SMILES string of the molecule is Cc1ccc(N)c(C(=O)OCc2ccc(F)cc2F)c1. The Labute approximate surface area is 115 Å². The van der Waals surface area contributed by atoms with E-state index in [1.165, 1.54) is 6.07 Å². The number of carbonyl (C=O) groups is 1. The highest BCUT2D eigenvalue weighted by atomic mass is 19.1. The van der Waals surface area contributed by atoms with Crippen molar-refractivity contribution in [2.24, 2.45) is 0 Å². The minimum Gasteiger partial charge on any atom is -0.457 e. The highest BCUT2D eigenvalue weighted by Crippen LogP contribution is 2.17. The van der Waals surface area contributed by atoms with Crippen LogP contribution in [0, 0.1) is 18.6 Å². The lowest BCUT2D eigenvalue weighted by molar-refractivity contribution is 0.0470. The van der Waals surface area contributed by atoms with Gasteiger partial charge >= 0.3 is 5.97 Å². The first kappa shape index (κ1) is 14.0. The summed E-state index contributed by atoms with van der Waals surface area (Å²) in [6.45, 7) is 1.54. The van der Waals surface area contributed by atoms with Crippen molar-refractivity contribution in [3.63, 3.8) is 0 Å². The van der Waals surface area contributed by atoms with E-state index < -0.39 is 17.6 Å². The zero-order valence-electron chi connectivity index (χ0n) is 10.8. The number of nitrogens with two attached hydrogens (primary N) is 1. The molecular formula is C15H13F2NO2. The molecule has 2 aromatic rings. The molecule has 2 aromatic carbocycles. The van der Waals surface area contributed by atoms with Crippen LogP contribution < -0.4 is 5.73 Å². The molecule has 0 bridgehead atoms. The zero-order chi connectivity index (χ0) is 14.7. The van der Waals surface area contributed by atoms with Gasteiger partial charge in [0, 0.05) is 17.3 Å². The van der Waals surface area contributed by atoms with Gasteiger partial charge in [0.15, 0.2) is 0 Å². The second-order valence-corrected chi connectivity index (χ2v) is 4.40. The lowest BCUT2D eigenvalue weighted by Gasteiger charge is -2.08. The number of ether oxygens (including phenoxy) is 1. The van der Waals surface area contributed by atoms with Crippen molar-refractivity contribution in [3.05, 3.63) is 64.7 Å². The molecule has 0 heterocycles. The van der Waals surface area contributed by atoms with Crippen LogP contribution in [-0.4, -0.2) is 5.97 Å². The second kappa shape index (κ2) is 5.69. The molecule has 2 rings (SSSR count). The fraction of sp³-hybridized carbons (Fsp3) is 0.133. The van der Waals surface area contributed by atoms with Gasteiger partial charge in [-0.2, -0.15) is 0 Å². The van der Waals surface area contributed by atoms with E-state index in [0.29, 0.717) is 5.69 Å². The van der Waals surface area contributed by atoms with Gasteiger partial charge in [-0.3, -0.25) is 0 Å². The average Bonchev–Trinajstić information content (AvgIpc) is 2.40. The Bertz CT molecular complexity index is 656. The van der Waals surface area contributed by atoms with Crippen LogP contribution in [0.15, 0.2) is 36.4 Å². The number of benzene rings is 2. The normalized spacial score (nSPS) is 10.3. The number of hydrogen-bond donors (Lipinski definition) is 1. The van der Waals surface area contributed by atoms with Gasteiger partial charge in [0.2, 0.25) is 0 Å². The molecule has 0 spiro atoms. The van der Waals surface area contributed by atoms with E-state index in [9.17, 15) is 13.6 Å². The van der Waals surface area contributed by atoms with Crippen molar-refractivity contribution in [2.45, 2.75) is 13.5 Å². The summed E-state index contributed by atoms with van der Waals surface area (Å²) in [6, 6.07) is 8.05. The molecule has 104 valence electrons. The second-order valence-electron chi connectivity index (χ2n) is 4.40. The Morgan fingerprint density at radius 1 is 1.20 bits per heavy atom. The Morgan fingerprint density at radius 2 is 1.95 bits per heavy atom. The number of nitrogen functional groups attached to an aromatic ring is 1. The fourth-order valence-electron chi connectivity index (χ4n) is 1.71. The lowest BCUT2D eigenvalue weighted by Crippen LogP contribution is -2.09. The van der Waals surface area contributed by atoms with E-state index in [4.69, 9.17) is 10.5 Å². The van der Waals surface area contributed by atoms with Crippen LogP contribution in [0.3, 0.4) is 0 Å². The van der Waals surface area contributed by atoms with Crippen molar-refractivity contribution in [3.8, 4) is 0 Å². The fourth-order valence-corrected chi connectivity index (χ4v) is 1.71. The Kier molecular flexibility index (Phi) is 3.98. The monoisotopic (exact) mass is 277 g/mol. The molecule has 0 atom stereocenters. The highest BCUT2D eigenvalue weighted by Gasteiger charge is 2.13. The quantitative estimate of drug-likeness (QED) is 0.692. The molecule has 0 amide bonds. The minimum atomic E-state index is -0.755. The average molecular weight is 277 g/mol. The molecule has 0 unspecified atom stereocenters. The number of esters is 1. The van der Waals surface area contributed by atoms with Crippen molar-refractivity contribution in [1.82, 2.24) is 0 Å². The van der Waals surface area contributed by atoms with Crippen LogP contribution >= 0.6 is 0 Å². The van der Waals surface area contributed by atoms with E-state index in [0.717, 1.165) is 17.7 Å². The molecule has 3 nitrogen and oxygen atoms in total. The maximum absolute atomic E-state index is 13.4. The summed E-state index contributed by atoms with van der Waals surface area (Å²) in [5, 5.41) is 0. The first-order valence-corrected chi connectivity index (χ1v) is 5.94.